The Labute approximate surface area is 64.6 Å². The number of carbonyl (C=O) groups is 1. The lowest BCUT2D eigenvalue weighted by molar-refractivity contribution is 0.108. The Morgan fingerprint density at radius 2 is 2.30 bits per heavy atom. The molecule has 0 atom stereocenters. The first-order valence-electron chi connectivity index (χ1n) is 2.60. The van der Waals surface area contributed by atoms with Gasteiger partial charge in [-0.15, -0.1) is 0 Å². The van der Waals surface area contributed by atoms with Crippen LogP contribution in [0.25, 0.3) is 0 Å². The first kappa shape index (κ1) is 7.28. The zero-order valence-corrected chi connectivity index (χ0v) is 5.80. The summed E-state index contributed by atoms with van der Waals surface area (Å²) in [6, 6.07) is 1.47. The van der Waals surface area contributed by atoms with E-state index in [4.69, 9.17) is 19.4 Å². The van der Waals surface area contributed by atoms with Crippen molar-refractivity contribution in [2.24, 2.45) is 0 Å². The molecule has 2 nitrogen and oxygen atoms in total. The average molecular weight is 151 g/mol. The van der Waals surface area contributed by atoms with Gasteiger partial charge in [-0.2, -0.15) is 0 Å². The number of hydrogen-bond donors (Lipinski definition) is 0. The maximum atomic E-state index is 10.5. The Balaban J connectivity index is 3.07. The van der Waals surface area contributed by atoms with E-state index < -0.39 is 5.24 Å². The number of nitrogens with zero attached hydrogens (tertiary/aromatic N) is 1. The minimum absolute atomic E-state index is 0.321. The van der Waals surface area contributed by atoms with E-state index in [1.807, 2.05) is 0 Å². The molecule has 0 aliphatic rings. The maximum absolute atomic E-state index is 10.5. The minimum atomic E-state index is -0.542. The average Bonchev–Trinajstić information content (AvgIpc) is 1.88. The lowest BCUT2D eigenvalue weighted by atomic mass is 9.98. The molecule has 1 heterocycles. The normalized spacial score (nSPS) is 9.30. The largest absolute Gasteiger partial charge is 0.276 e. The summed E-state index contributed by atoms with van der Waals surface area (Å²) < 4.78 is 0. The van der Waals surface area contributed by atoms with Gasteiger partial charge in [-0.1, -0.05) is 11.5 Å². The van der Waals surface area contributed by atoms with Crippen molar-refractivity contribution in [1.29, 1.82) is 0 Å². The number of pyridine rings is 1. The van der Waals surface area contributed by atoms with Crippen LogP contribution in [0.2, 0.25) is 0 Å². The molecule has 0 spiro atoms. The number of halogens is 1. The van der Waals surface area contributed by atoms with Crippen LogP contribution in [0.15, 0.2) is 18.5 Å². The van der Waals surface area contributed by atoms with Gasteiger partial charge in [0.25, 0.3) is 5.24 Å². The van der Waals surface area contributed by atoms with Crippen molar-refractivity contribution < 1.29 is 4.79 Å². The molecule has 0 aliphatic heterocycles. The molecule has 10 heavy (non-hydrogen) atoms. The number of aromatic nitrogens is 1. The molecule has 0 saturated heterocycles. The summed E-state index contributed by atoms with van der Waals surface area (Å²) in [6.45, 7) is 0. The van der Waals surface area contributed by atoms with E-state index in [-0.39, 0.29) is 0 Å². The zero-order chi connectivity index (χ0) is 7.56. The lowest BCUT2D eigenvalue weighted by Crippen LogP contribution is -2.05. The molecule has 1 rings (SSSR count). The highest BCUT2D eigenvalue weighted by molar-refractivity contribution is 6.67. The van der Waals surface area contributed by atoms with Gasteiger partial charge in [0, 0.05) is 12.4 Å². The van der Waals surface area contributed by atoms with Crippen molar-refractivity contribution in [3.63, 3.8) is 0 Å². The van der Waals surface area contributed by atoms with E-state index in [0.29, 0.717) is 11.0 Å². The summed E-state index contributed by atoms with van der Waals surface area (Å²) in [4.78, 5) is 14.1. The monoisotopic (exact) mass is 151 g/mol. The topological polar surface area (TPSA) is 30.0 Å². The quantitative estimate of drug-likeness (QED) is 0.425. The molecule has 0 bridgehead atoms. The van der Waals surface area contributed by atoms with Crippen LogP contribution in [0.1, 0.15) is 10.4 Å². The predicted molar refractivity (Wildman–Crippen MR) is 39.8 cm³/mol. The van der Waals surface area contributed by atoms with Gasteiger partial charge in [0.15, 0.2) is 0 Å². The molecule has 1 aromatic heterocycles. The fourth-order valence-electron chi connectivity index (χ4n) is 0.565. The molecule has 4 heteroatoms. The van der Waals surface area contributed by atoms with Crippen molar-refractivity contribution in [3.8, 4) is 0 Å². The fraction of sp³-hybridized carbons (Fsp3) is 0. The summed E-state index contributed by atoms with van der Waals surface area (Å²) >= 11 is 5.14. The second-order valence-electron chi connectivity index (χ2n) is 1.78. The second kappa shape index (κ2) is 2.84. The summed E-state index contributed by atoms with van der Waals surface area (Å²) in [5, 5.41) is -0.542. The smallest absolute Gasteiger partial charge is 0.253 e. The van der Waals surface area contributed by atoms with Crippen molar-refractivity contribution in [2.75, 3.05) is 0 Å². The van der Waals surface area contributed by atoms with Gasteiger partial charge in [0.2, 0.25) is 0 Å². The Morgan fingerprint density at radius 3 is 2.70 bits per heavy atom. The van der Waals surface area contributed by atoms with Crippen LogP contribution < -0.4 is 5.46 Å². The van der Waals surface area contributed by atoms with Gasteiger partial charge >= 0.3 is 0 Å². The van der Waals surface area contributed by atoms with Crippen molar-refractivity contribution >= 4 is 30.2 Å². The number of rotatable bonds is 1. The molecule has 0 aliphatic carbocycles. The maximum Gasteiger partial charge on any atom is 0.253 e. The highest BCUT2D eigenvalue weighted by Crippen LogP contribution is 1.97. The summed E-state index contributed by atoms with van der Waals surface area (Å²) in [7, 11) is 5.32. The lowest BCUT2D eigenvalue weighted by Gasteiger charge is -1.92. The van der Waals surface area contributed by atoms with E-state index in [2.05, 4.69) is 4.98 Å². The molecule has 1 aromatic rings. The second-order valence-corrected chi connectivity index (χ2v) is 2.12. The van der Waals surface area contributed by atoms with E-state index in [1.165, 1.54) is 18.5 Å². The van der Waals surface area contributed by atoms with E-state index >= 15 is 0 Å². The van der Waals surface area contributed by atoms with Gasteiger partial charge in [0.05, 0.1) is 5.56 Å². The number of hydrogen-bond acceptors (Lipinski definition) is 2. The van der Waals surface area contributed by atoms with Crippen LogP contribution >= 0.6 is 11.6 Å². The van der Waals surface area contributed by atoms with E-state index in [0.717, 1.165) is 0 Å². The fourth-order valence-corrected chi connectivity index (χ4v) is 0.669. The van der Waals surface area contributed by atoms with Crippen LogP contribution in [0.4, 0.5) is 0 Å². The molecular formula is C6H3BClNO. The van der Waals surface area contributed by atoms with Crippen LogP contribution in [0, 0.1) is 0 Å². The van der Waals surface area contributed by atoms with Crippen LogP contribution in [0.3, 0.4) is 0 Å². The van der Waals surface area contributed by atoms with E-state index in [9.17, 15) is 4.79 Å². The Bertz CT molecular complexity index is 264. The van der Waals surface area contributed by atoms with Crippen LogP contribution in [-0.4, -0.2) is 18.1 Å². The molecule has 0 N–H and O–H groups in total. The van der Waals surface area contributed by atoms with Crippen LogP contribution in [0.5, 0.6) is 0 Å². The SMILES string of the molecule is [B]c1cncc(C(=O)Cl)c1. The highest BCUT2D eigenvalue weighted by Gasteiger charge is 1.99. The third-order valence-corrected chi connectivity index (χ3v) is 1.20. The van der Waals surface area contributed by atoms with Gasteiger partial charge in [-0.25, -0.2) is 0 Å². The number of carbonyl (C=O) groups excluding carboxylic acids is 1. The third-order valence-electron chi connectivity index (χ3n) is 0.986. The first-order valence-corrected chi connectivity index (χ1v) is 2.98. The standard InChI is InChI=1S/C6H3BClNO/c7-5-1-4(6(8)10)2-9-3-5/h1-3H. The van der Waals surface area contributed by atoms with Crippen molar-refractivity contribution in [3.05, 3.63) is 24.0 Å². The molecule has 0 saturated carbocycles. The van der Waals surface area contributed by atoms with Crippen molar-refractivity contribution in [1.82, 2.24) is 4.98 Å². The van der Waals surface area contributed by atoms with Gasteiger partial charge in [-0.05, 0) is 11.6 Å². The van der Waals surface area contributed by atoms with Crippen molar-refractivity contribution in [2.45, 2.75) is 0 Å². The summed E-state index contributed by atoms with van der Waals surface area (Å²) in [5.41, 5.74) is 0.758. The molecule has 0 amide bonds. The summed E-state index contributed by atoms with van der Waals surface area (Å²) in [6.07, 6.45) is 2.81. The molecule has 0 fully saturated rings. The van der Waals surface area contributed by atoms with Gasteiger partial charge in [0.1, 0.15) is 7.85 Å². The Kier molecular flexibility index (Phi) is 2.07. The molecular weight excluding hydrogens is 148 g/mol. The first-order chi connectivity index (χ1) is 4.70. The predicted octanol–water partition coefficient (Wildman–Crippen LogP) is 0.254. The Morgan fingerprint density at radius 1 is 1.60 bits per heavy atom. The van der Waals surface area contributed by atoms with Crippen LogP contribution in [-0.2, 0) is 0 Å². The molecule has 0 aromatic carbocycles. The van der Waals surface area contributed by atoms with Gasteiger partial charge < -0.3 is 0 Å². The van der Waals surface area contributed by atoms with Gasteiger partial charge in [-0.3, -0.25) is 9.78 Å². The molecule has 48 valence electrons. The Hall–Kier alpha value is -0.825. The third kappa shape index (κ3) is 1.58. The van der Waals surface area contributed by atoms with E-state index in [1.54, 1.807) is 0 Å². The molecule has 2 radical (unpaired) electrons. The zero-order valence-electron chi connectivity index (χ0n) is 5.04. The molecule has 0 unspecified atom stereocenters. The summed E-state index contributed by atoms with van der Waals surface area (Å²) in [5.74, 6) is 0. The minimum Gasteiger partial charge on any atom is -0.276 e. The highest BCUT2D eigenvalue weighted by atomic mass is 35.5.